The van der Waals surface area contributed by atoms with Crippen molar-refractivity contribution in [1.29, 1.82) is 0 Å². The molecule has 0 amide bonds. The highest BCUT2D eigenvalue weighted by atomic mass is 19.2. The Bertz CT molecular complexity index is 630. The fourth-order valence-corrected chi connectivity index (χ4v) is 2.65. The maximum atomic E-state index is 13.9. The number of nitrogens with one attached hydrogen (secondary N) is 1. The minimum absolute atomic E-state index is 0.0626. The predicted molar refractivity (Wildman–Crippen MR) is 72.6 cm³/mol. The number of hydrogen-bond donors (Lipinski definition) is 1. The highest BCUT2D eigenvalue weighted by Crippen LogP contribution is 2.41. The Kier molecular flexibility index (Phi) is 3.40. The Balaban J connectivity index is 2.00. The molecule has 1 heterocycles. The zero-order valence-corrected chi connectivity index (χ0v) is 11.1. The Hall–Kier alpha value is -1.94. The van der Waals surface area contributed by atoms with E-state index in [1.807, 2.05) is 31.3 Å². The van der Waals surface area contributed by atoms with Crippen molar-refractivity contribution in [1.82, 2.24) is 5.32 Å². The number of ether oxygens (including phenoxy) is 1. The van der Waals surface area contributed by atoms with E-state index in [9.17, 15) is 8.78 Å². The lowest BCUT2D eigenvalue weighted by molar-refractivity contribution is 0.149. The summed E-state index contributed by atoms with van der Waals surface area (Å²) in [6.45, 7) is 0. The van der Waals surface area contributed by atoms with Crippen LogP contribution in [-0.2, 0) is 0 Å². The van der Waals surface area contributed by atoms with Gasteiger partial charge >= 0.3 is 0 Å². The van der Waals surface area contributed by atoms with E-state index in [4.69, 9.17) is 4.74 Å². The molecule has 3 rings (SSSR count). The Morgan fingerprint density at radius 1 is 1.05 bits per heavy atom. The van der Waals surface area contributed by atoms with Crippen LogP contribution in [0.2, 0.25) is 0 Å². The third kappa shape index (κ3) is 2.16. The number of hydrogen-bond acceptors (Lipinski definition) is 2. The average molecular weight is 275 g/mol. The molecule has 1 aliphatic heterocycles. The zero-order valence-electron chi connectivity index (χ0n) is 11.1. The molecular formula is C16H15F2NO. The SMILES string of the molecule is CNC1CC(c2cccc(F)c2F)Oc2ccccc21. The molecule has 2 aromatic rings. The molecule has 2 atom stereocenters. The standard InChI is InChI=1S/C16H15F2NO/c1-19-13-9-15(11-6-4-7-12(17)16(11)18)20-14-8-3-2-5-10(13)14/h2-8,13,15,19H,9H2,1H3. The van der Waals surface area contributed by atoms with E-state index < -0.39 is 17.7 Å². The molecular weight excluding hydrogens is 260 g/mol. The fraction of sp³-hybridized carbons (Fsp3) is 0.250. The third-order valence-corrected chi connectivity index (χ3v) is 3.69. The first kappa shape index (κ1) is 13.1. The van der Waals surface area contributed by atoms with Crippen LogP contribution in [0.4, 0.5) is 8.78 Å². The summed E-state index contributed by atoms with van der Waals surface area (Å²) in [5.74, 6) is -0.954. The van der Waals surface area contributed by atoms with Gasteiger partial charge in [-0.2, -0.15) is 0 Å². The molecule has 0 saturated carbocycles. The Morgan fingerprint density at radius 2 is 1.80 bits per heavy atom. The zero-order chi connectivity index (χ0) is 14.1. The first-order chi connectivity index (χ1) is 9.70. The van der Waals surface area contributed by atoms with Gasteiger partial charge in [0.2, 0.25) is 0 Å². The molecule has 0 saturated heterocycles. The quantitative estimate of drug-likeness (QED) is 0.901. The van der Waals surface area contributed by atoms with Gasteiger partial charge in [0, 0.05) is 23.6 Å². The third-order valence-electron chi connectivity index (χ3n) is 3.69. The molecule has 0 bridgehead atoms. The minimum Gasteiger partial charge on any atom is -0.485 e. The van der Waals surface area contributed by atoms with Crippen LogP contribution >= 0.6 is 0 Å². The number of fused-ring (bicyclic) bond motifs is 1. The molecule has 0 radical (unpaired) electrons. The highest BCUT2D eigenvalue weighted by molar-refractivity contribution is 5.39. The molecule has 20 heavy (non-hydrogen) atoms. The maximum absolute atomic E-state index is 13.9. The van der Waals surface area contributed by atoms with Gasteiger partial charge in [-0.15, -0.1) is 0 Å². The van der Waals surface area contributed by atoms with Crippen molar-refractivity contribution in [3.63, 3.8) is 0 Å². The van der Waals surface area contributed by atoms with Crippen LogP contribution in [0.25, 0.3) is 0 Å². The maximum Gasteiger partial charge on any atom is 0.165 e. The average Bonchev–Trinajstić information content (AvgIpc) is 2.49. The van der Waals surface area contributed by atoms with Crippen molar-refractivity contribution in [2.24, 2.45) is 0 Å². The summed E-state index contributed by atoms with van der Waals surface area (Å²) in [4.78, 5) is 0. The predicted octanol–water partition coefficient (Wildman–Crippen LogP) is 3.75. The van der Waals surface area contributed by atoms with Crippen LogP contribution in [0, 0.1) is 11.6 Å². The molecule has 4 heteroatoms. The normalized spacial score (nSPS) is 21.1. The van der Waals surface area contributed by atoms with Crippen LogP contribution in [0.15, 0.2) is 42.5 Å². The molecule has 0 aromatic heterocycles. The van der Waals surface area contributed by atoms with Crippen molar-refractivity contribution >= 4 is 0 Å². The van der Waals surface area contributed by atoms with Gasteiger partial charge in [0.25, 0.3) is 0 Å². The van der Waals surface area contributed by atoms with E-state index in [2.05, 4.69) is 5.32 Å². The second-order valence-electron chi connectivity index (χ2n) is 4.86. The van der Waals surface area contributed by atoms with Gasteiger partial charge in [0.05, 0.1) is 0 Å². The lowest BCUT2D eigenvalue weighted by Gasteiger charge is -2.32. The summed E-state index contributed by atoms with van der Waals surface area (Å²) in [5.41, 5.74) is 1.31. The van der Waals surface area contributed by atoms with E-state index in [1.54, 1.807) is 6.07 Å². The minimum atomic E-state index is -0.842. The number of halogens is 2. The van der Waals surface area contributed by atoms with E-state index in [1.165, 1.54) is 6.07 Å². The molecule has 0 aliphatic carbocycles. The molecule has 1 aliphatic rings. The fourth-order valence-electron chi connectivity index (χ4n) is 2.65. The highest BCUT2D eigenvalue weighted by Gasteiger charge is 2.30. The van der Waals surface area contributed by atoms with E-state index in [0.717, 1.165) is 11.6 Å². The van der Waals surface area contributed by atoms with Crippen molar-refractivity contribution in [3.05, 3.63) is 65.2 Å². The molecule has 0 fully saturated rings. The monoisotopic (exact) mass is 275 g/mol. The molecule has 2 unspecified atom stereocenters. The van der Waals surface area contributed by atoms with Gasteiger partial charge in [-0.1, -0.05) is 30.3 Å². The summed E-state index contributed by atoms with van der Waals surface area (Å²) in [7, 11) is 1.85. The van der Waals surface area contributed by atoms with Crippen LogP contribution in [0.5, 0.6) is 5.75 Å². The lowest BCUT2D eigenvalue weighted by Crippen LogP contribution is -2.27. The largest absolute Gasteiger partial charge is 0.485 e. The first-order valence-corrected chi connectivity index (χ1v) is 6.57. The number of benzene rings is 2. The summed E-state index contributed by atoms with van der Waals surface area (Å²) in [6, 6.07) is 11.9. The van der Waals surface area contributed by atoms with Gasteiger partial charge in [-0.05, 0) is 19.2 Å². The second kappa shape index (κ2) is 5.21. The summed E-state index contributed by atoms with van der Waals surface area (Å²) < 4.78 is 33.1. The Labute approximate surface area is 116 Å². The molecule has 1 N–H and O–H groups in total. The Morgan fingerprint density at radius 3 is 2.60 bits per heavy atom. The second-order valence-corrected chi connectivity index (χ2v) is 4.86. The van der Waals surface area contributed by atoms with Crippen LogP contribution in [-0.4, -0.2) is 7.05 Å². The summed E-state index contributed by atoms with van der Waals surface area (Å²) in [6.07, 6.45) is 0.0755. The summed E-state index contributed by atoms with van der Waals surface area (Å²) in [5, 5.41) is 3.20. The van der Waals surface area contributed by atoms with E-state index in [-0.39, 0.29) is 11.6 Å². The molecule has 2 aromatic carbocycles. The van der Waals surface area contributed by atoms with Gasteiger partial charge in [0.1, 0.15) is 11.9 Å². The van der Waals surface area contributed by atoms with Crippen LogP contribution in [0.3, 0.4) is 0 Å². The van der Waals surface area contributed by atoms with Gasteiger partial charge in [-0.25, -0.2) is 8.78 Å². The smallest absolute Gasteiger partial charge is 0.165 e. The van der Waals surface area contributed by atoms with E-state index in [0.29, 0.717) is 12.2 Å². The number of para-hydroxylation sites is 1. The van der Waals surface area contributed by atoms with Gasteiger partial charge < -0.3 is 10.1 Å². The topological polar surface area (TPSA) is 21.3 Å². The van der Waals surface area contributed by atoms with Crippen molar-refractivity contribution < 1.29 is 13.5 Å². The summed E-state index contributed by atoms with van der Waals surface area (Å²) >= 11 is 0. The number of rotatable bonds is 2. The van der Waals surface area contributed by atoms with Crippen molar-refractivity contribution in [2.75, 3.05) is 7.05 Å². The van der Waals surface area contributed by atoms with E-state index >= 15 is 0 Å². The van der Waals surface area contributed by atoms with Crippen molar-refractivity contribution in [2.45, 2.75) is 18.6 Å². The molecule has 0 spiro atoms. The molecule has 2 nitrogen and oxygen atoms in total. The van der Waals surface area contributed by atoms with Crippen molar-refractivity contribution in [3.8, 4) is 5.75 Å². The van der Waals surface area contributed by atoms with Crippen LogP contribution in [0.1, 0.15) is 29.7 Å². The lowest BCUT2D eigenvalue weighted by atomic mass is 9.93. The van der Waals surface area contributed by atoms with Gasteiger partial charge in [-0.3, -0.25) is 0 Å². The first-order valence-electron chi connectivity index (χ1n) is 6.57. The van der Waals surface area contributed by atoms with Crippen LogP contribution < -0.4 is 10.1 Å². The molecule has 104 valence electrons. The van der Waals surface area contributed by atoms with Gasteiger partial charge in [0.15, 0.2) is 11.6 Å².